The Morgan fingerprint density at radius 2 is 0.956 bits per heavy atom. The summed E-state index contributed by atoms with van der Waals surface area (Å²) in [5.74, 6) is -1.14. The SMILES string of the molecule is CCC1C=CC(NC(=O)OCc2ccccc2)C(OC2C(C)CC(NC(=O)C(OCc3ccccc3)C(CC)OCc3ccccc3)C(O)C2OC2OC(CO)C(OC3OC(CNC(=O)OCc4ccccc4)C=CC3NC(=O)OCc3ccccc3)C2O)O1. The first kappa shape index (κ1) is 66.8. The molecule has 0 radical (unpaired) electrons. The third-order valence-electron chi connectivity index (χ3n) is 15.8. The van der Waals surface area contributed by atoms with Gasteiger partial charge in [0.1, 0.15) is 62.4 Å². The first-order valence-corrected chi connectivity index (χ1v) is 30.6. The van der Waals surface area contributed by atoms with Crippen LogP contribution >= 0.6 is 0 Å². The fourth-order valence-corrected chi connectivity index (χ4v) is 11.0. The number of hydrogen-bond donors (Lipinski definition) is 7. The first-order chi connectivity index (χ1) is 43.8. The van der Waals surface area contributed by atoms with Crippen molar-refractivity contribution in [2.75, 3.05) is 13.2 Å². The molecule has 3 aliphatic heterocycles. The Kier molecular flexibility index (Phi) is 25.3. The number of hydrogen-bond acceptors (Lipinski definition) is 18. The van der Waals surface area contributed by atoms with E-state index in [9.17, 15) is 34.5 Å². The number of ether oxygens (including phenoxy) is 11. The number of rotatable bonds is 28. The van der Waals surface area contributed by atoms with E-state index in [0.29, 0.717) is 12.8 Å². The summed E-state index contributed by atoms with van der Waals surface area (Å²) in [6.07, 6.45) is -10.6. The van der Waals surface area contributed by atoms with Crippen LogP contribution in [0.1, 0.15) is 67.9 Å². The van der Waals surface area contributed by atoms with Crippen molar-refractivity contribution in [1.29, 1.82) is 0 Å². The Balaban J connectivity index is 0.955. The number of amides is 4. The summed E-state index contributed by atoms with van der Waals surface area (Å²) >= 11 is 0. The molecule has 2 fully saturated rings. The highest BCUT2D eigenvalue weighted by atomic mass is 16.8. The summed E-state index contributed by atoms with van der Waals surface area (Å²) in [4.78, 5) is 54.6. The van der Waals surface area contributed by atoms with Crippen LogP contribution in [-0.4, -0.2) is 151 Å². The summed E-state index contributed by atoms with van der Waals surface area (Å²) in [5, 5.41) is 47.4. The highest BCUT2D eigenvalue weighted by Crippen LogP contribution is 2.37. The van der Waals surface area contributed by atoms with Crippen molar-refractivity contribution in [2.24, 2.45) is 5.92 Å². The van der Waals surface area contributed by atoms with Gasteiger partial charge in [0, 0.05) is 0 Å². The highest BCUT2D eigenvalue weighted by Gasteiger charge is 2.53. The molecule has 17 unspecified atom stereocenters. The van der Waals surface area contributed by atoms with E-state index in [0.717, 1.165) is 27.8 Å². The van der Waals surface area contributed by atoms with Crippen LogP contribution in [0.25, 0.3) is 0 Å². The van der Waals surface area contributed by atoms with Crippen LogP contribution in [0, 0.1) is 5.92 Å². The lowest BCUT2D eigenvalue weighted by atomic mass is 9.79. The van der Waals surface area contributed by atoms with Gasteiger partial charge in [-0.15, -0.1) is 0 Å². The predicted molar refractivity (Wildman–Crippen MR) is 326 cm³/mol. The summed E-state index contributed by atoms with van der Waals surface area (Å²) < 4.78 is 68.5. The zero-order valence-corrected chi connectivity index (χ0v) is 50.6. The second-order valence-electron chi connectivity index (χ2n) is 22.5. The lowest BCUT2D eigenvalue weighted by Crippen LogP contribution is -2.64. The highest BCUT2D eigenvalue weighted by molar-refractivity contribution is 5.82. The minimum Gasteiger partial charge on any atom is -0.445 e. The van der Waals surface area contributed by atoms with Crippen LogP contribution in [0.5, 0.6) is 0 Å². The van der Waals surface area contributed by atoms with Crippen LogP contribution in [0.3, 0.4) is 0 Å². The summed E-state index contributed by atoms with van der Waals surface area (Å²) in [7, 11) is 0. The Hall–Kier alpha value is -7.58. The molecule has 7 N–H and O–H groups in total. The van der Waals surface area contributed by atoms with Gasteiger partial charge >= 0.3 is 18.3 Å². The van der Waals surface area contributed by atoms with Crippen molar-refractivity contribution in [3.63, 3.8) is 0 Å². The van der Waals surface area contributed by atoms with Gasteiger partial charge in [0.05, 0.1) is 56.8 Å². The van der Waals surface area contributed by atoms with Crippen molar-refractivity contribution < 1.29 is 86.6 Å². The van der Waals surface area contributed by atoms with Gasteiger partial charge in [0.15, 0.2) is 25.0 Å². The maximum Gasteiger partial charge on any atom is 0.408 e. The van der Waals surface area contributed by atoms with Crippen LogP contribution in [0.2, 0.25) is 0 Å². The van der Waals surface area contributed by atoms with Crippen LogP contribution in [0.15, 0.2) is 176 Å². The molecule has 1 saturated heterocycles. The van der Waals surface area contributed by atoms with E-state index in [1.807, 2.05) is 166 Å². The molecule has 1 aliphatic carbocycles. The van der Waals surface area contributed by atoms with Gasteiger partial charge in [-0.3, -0.25) is 4.79 Å². The molecule has 22 heteroatoms. The second kappa shape index (κ2) is 34.0. The van der Waals surface area contributed by atoms with Gasteiger partial charge < -0.3 is 88.7 Å². The normalized spacial score (nSPS) is 27.8. The molecule has 3 heterocycles. The number of nitrogens with one attached hydrogen (secondary N) is 4. The molecule has 482 valence electrons. The van der Waals surface area contributed by atoms with Gasteiger partial charge in [-0.05, 0) is 53.0 Å². The largest absolute Gasteiger partial charge is 0.445 e. The second-order valence-corrected chi connectivity index (χ2v) is 22.5. The summed E-state index contributed by atoms with van der Waals surface area (Å²) in [5.41, 5.74) is 4.00. The zero-order valence-electron chi connectivity index (χ0n) is 50.6. The topological polar surface area (TPSA) is 279 Å². The van der Waals surface area contributed by atoms with Crippen molar-refractivity contribution in [2.45, 2.75) is 171 Å². The molecule has 22 nitrogen and oxygen atoms in total. The third-order valence-corrected chi connectivity index (χ3v) is 15.8. The smallest absolute Gasteiger partial charge is 0.408 e. The quantitative estimate of drug-likeness (QED) is 0.0193. The number of carbonyl (C=O) groups excluding carboxylic acids is 4. The Labute approximate surface area is 524 Å². The lowest BCUT2D eigenvalue weighted by molar-refractivity contribution is -0.287. The summed E-state index contributed by atoms with van der Waals surface area (Å²) in [6, 6.07) is 43.3. The monoisotopic (exact) mass is 1240 g/mol. The number of aliphatic hydroxyl groups is 3. The van der Waals surface area contributed by atoms with Crippen molar-refractivity contribution in [3.05, 3.63) is 204 Å². The van der Waals surface area contributed by atoms with Gasteiger partial charge in [0.2, 0.25) is 0 Å². The fraction of sp³-hybridized carbons (Fsp3) is 0.441. The number of carbonyl (C=O) groups is 4. The minimum atomic E-state index is -1.74. The molecule has 4 aliphatic rings. The lowest BCUT2D eigenvalue weighted by Gasteiger charge is -2.46. The number of aliphatic hydroxyl groups excluding tert-OH is 3. The Morgan fingerprint density at radius 1 is 0.511 bits per heavy atom. The van der Waals surface area contributed by atoms with E-state index in [1.54, 1.807) is 30.4 Å². The zero-order chi connectivity index (χ0) is 63.2. The van der Waals surface area contributed by atoms with Gasteiger partial charge in [-0.1, -0.05) is 197 Å². The molecule has 17 atom stereocenters. The average molecular weight is 1240 g/mol. The number of alkyl carbamates (subject to hydrolysis) is 3. The Bertz CT molecular complexity index is 3050. The van der Waals surface area contributed by atoms with Crippen molar-refractivity contribution in [3.8, 4) is 0 Å². The molecule has 0 spiro atoms. The van der Waals surface area contributed by atoms with E-state index in [1.165, 1.54) is 0 Å². The molecule has 0 bridgehead atoms. The van der Waals surface area contributed by atoms with Crippen molar-refractivity contribution >= 4 is 24.2 Å². The standard InChI is InChI=1S/C68H82N4O18/c1-4-49-31-33-51(71-67(78)83-41-47-27-17-9-18-28-47)63(85-49)88-58-43(3)35-53(70-62(76)60(81-39-45-23-13-7-14-24-45)54(5-2)80-38-44-21-11-6-12-22-44)56(74)61(58)90-65-57(75)59(55(37-73)87-65)89-64-52(72-68(79)84-42-48-29-19-10-20-30-48)34-32-50(86-64)36-69-66(77)82-40-46-25-15-8-16-26-46/h6-34,43,49-61,63-65,73-75H,4-5,35-42H2,1-3H3,(H,69,77)(H,70,76)(H,71,78)(H,72,79). The molecule has 5 aromatic carbocycles. The van der Waals surface area contributed by atoms with E-state index in [-0.39, 0.29) is 46.0 Å². The first-order valence-electron chi connectivity index (χ1n) is 30.6. The van der Waals surface area contributed by atoms with Gasteiger partial charge in [-0.2, -0.15) is 0 Å². The van der Waals surface area contributed by atoms with E-state index in [4.69, 9.17) is 52.1 Å². The van der Waals surface area contributed by atoms with E-state index < -0.39 is 135 Å². The molecule has 9 rings (SSSR count). The molecular formula is C68H82N4O18. The third kappa shape index (κ3) is 19.2. The van der Waals surface area contributed by atoms with Gasteiger partial charge in [0.25, 0.3) is 5.91 Å². The van der Waals surface area contributed by atoms with E-state index >= 15 is 0 Å². The molecule has 1 saturated carbocycles. The fourth-order valence-electron chi connectivity index (χ4n) is 11.0. The summed E-state index contributed by atoms with van der Waals surface area (Å²) in [6.45, 7) is 5.07. The molecule has 5 aromatic rings. The molecule has 90 heavy (non-hydrogen) atoms. The minimum absolute atomic E-state index is 0.00660. The molecule has 0 aromatic heterocycles. The predicted octanol–water partition coefficient (Wildman–Crippen LogP) is 7.18. The Morgan fingerprint density at radius 3 is 1.44 bits per heavy atom. The van der Waals surface area contributed by atoms with Crippen molar-refractivity contribution in [1.82, 2.24) is 21.3 Å². The number of benzene rings is 5. The average Bonchev–Trinajstić information content (AvgIpc) is 1.42. The maximum absolute atomic E-state index is 14.9. The van der Waals surface area contributed by atoms with Crippen LogP contribution < -0.4 is 21.3 Å². The van der Waals surface area contributed by atoms with Crippen LogP contribution in [-0.2, 0) is 89.9 Å². The van der Waals surface area contributed by atoms with Crippen LogP contribution in [0.4, 0.5) is 14.4 Å². The maximum atomic E-state index is 14.9. The van der Waals surface area contributed by atoms with E-state index in [2.05, 4.69) is 21.3 Å². The molecule has 4 amide bonds. The molecular weight excluding hydrogens is 1160 g/mol. The van der Waals surface area contributed by atoms with Gasteiger partial charge in [-0.25, -0.2) is 14.4 Å².